The molecule has 0 aliphatic heterocycles. The van der Waals surface area contributed by atoms with Crippen LogP contribution >= 0.6 is 0 Å². The van der Waals surface area contributed by atoms with Crippen LogP contribution in [0.25, 0.3) is 22.6 Å². The molecule has 0 spiro atoms. The van der Waals surface area contributed by atoms with Crippen molar-refractivity contribution in [2.24, 2.45) is 4.99 Å². The minimum absolute atomic E-state index is 0.0155. The molecule has 0 saturated heterocycles. The summed E-state index contributed by atoms with van der Waals surface area (Å²) in [7, 11) is 1.26. The fourth-order valence-corrected chi connectivity index (χ4v) is 2.85. The van der Waals surface area contributed by atoms with Gasteiger partial charge in [-0.2, -0.15) is 0 Å². The van der Waals surface area contributed by atoms with Crippen molar-refractivity contribution in [3.63, 3.8) is 0 Å². The number of nitrogens with zero attached hydrogens (tertiary/aromatic N) is 3. The fraction of sp³-hybridized carbons (Fsp3) is 0.0476. The molecule has 9 heteroatoms. The van der Waals surface area contributed by atoms with E-state index >= 15 is 0 Å². The van der Waals surface area contributed by atoms with Crippen LogP contribution in [0.2, 0.25) is 0 Å². The molecule has 3 aromatic carbocycles. The van der Waals surface area contributed by atoms with Gasteiger partial charge in [-0.3, -0.25) is 15.1 Å². The van der Waals surface area contributed by atoms with Crippen molar-refractivity contribution in [1.29, 1.82) is 0 Å². The van der Waals surface area contributed by atoms with Crippen molar-refractivity contribution in [2.45, 2.75) is 0 Å². The summed E-state index contributed by atoms with van der Waals surface area (Å²) in [6.45, 7) is 0. The fourth-order valence-electron chi connectivity index (χ4n) is 2.85. The van der Waals surface area contributed by atoms with Gasteiger partial charge in [0.2, 0.25) is 5.89 Å². The number of aliphatic imine (C=N–C) groups is 1. The Morgan fingerprint density at radius 2 is 2.03 bits per heavy atom. The van der Waals surface area contributed by atoms with Crippen LogP contribution < -0.4 is 9.84 Å². The highest BCUT2D eigenvalue weighted by Crippen LogP contribution is 2.32. The zero-order valence-corrected chi connectivity index (χ0v) is 15.5. The number of hydrogen-bond acceptors (Lipinski definition) is 7. The molecule has 0 amide bonds. The third-order valence-electron chi connectivity index (χ3n) is 4.29. The van der Waals surface area contributed by atoms with Crippen molar-refractivity contribution in [1.82, 2.24) is 4.98 Å². The first-order valence-electron chi connectivity index (χ1n) is 8.68. The van der Waals surface area contributed by atoms with E-state index in [0.29, 0.717) is 22.4 Å². The first-order valence-corrected chi connectivity index (χ1v) is 8.68. The maximum absolute atomic E-state index is 13.4. The van der Waals surface area contributed by atoms with Gasteiger partial charge in [-0.1, -0.05) is 11.8 Å². The maximum atomic E-state index is 13.4. The van der Waals surface area contributed by atoms with Gasteiger partial charge in [-0.15, -0.1) is 0 Å². The summed E-state index contributed by atoms with van der Waals surface area (Å²) in [4.78, 5) is 19.0. The van der Waals surface area contributed by atoms with Gasteiger partial charge in [0.1, 0.15) is 17.1 Å². The first kappa shape index (κ1) is 19.1. The Kier molecular flexibility index (Phi) is 4.85. The highest BCUT2D eigenvalue weighted by Gasteiger charge is 2.12. The smallest absolute Gasteiger partial charge is 0.273 e. The lowest BCUT2D eigenvalue weighted by molar-refractivity contribution is -0.385. The standard InChI is InChI=1S/C21H14FN3O5/c1-29-19-10-16(25(27)28)8-13(20(19)26)11-23-15-5-6-18-17(9-15)24-21(30-18)12-3-2-4-14(22)7-12/h2-11,26H,1H3/p-1. The molecule has 0 saturated carbocycles. The molecule has 0 N–H and O–H groups in total. The van der Waals surface area contributed by atoms with Crippen molar-refractivity contribution in [2.75, 3.05) is 7.11 Å². The third-order valence-corrected chi connectivity index (χ3v) is 4.29. The van der Waals surface area contributed by atoms with Crippen LogP contribution in [-0.4, -0.2) is 23.2 Å². The summed E-state index contributed by atoms with van der Waals surface area (Å²) >= 11 is 0. The van der Waals surface area contributed by atoms with Crippen LogP contribution in [-0.2, 0) is 0 Å². The van der Waals surface area contributed by atoms with Gasteiger partial charge in [0.15, 0.2) is 5.58 Å². The number of methoxy groups -OCH3 is 1. The lowest BCUT2D eigenvalue weighted by atomic mass is 10.1. The number of fused-ring (bicyclic) bond motifs is 1. The molecular weight excluding hydrogens is 393 g/mol. The molecule has 0 aliphatic carbocycles. The highest BCUT2D eigenvalue weighted by atomic mass is 19.1. The molecule has 0 fully saturated rings. The monoisotopic (exact) mass is 406 g/mol. The predicted octanol–water partition coefficient (Wildman–Crippen LogP) is 4.37. The second-order valence-electron chi connectivity index (χ2n) is 6.26. The average molecular weight is 406 g/mol. The Labute approximate surface area is 169 Å². The SMILES string of the molecule is COc1cc([N+](=O)[O-])cc(C=Nc2ccc3oc(-c4cccc(F)c4)nc3c2)c1[O-]. The Morgan fingerprint density at radius 3 is 2.77 bits per heavy atom. The van der Waals surface area contributed by atoms with Gasteiger partial charge in [-0.05, 0) is 42.0 Å². The molecular formula is C21H13FN3O5-. The number of benzene rings is 3. The summed E-state index contributed by atoms with van der Waals surface area (Å²) < 4.78 is 24.0. The summed E-state index contributed by atoms with van der Waals surface area (Å²) in [5, 5.41) is 23.4. The van der Waals surface area contributed by atoms with Gasteiger partial charge in [-0.25, -0.2) is 9.37 Å². The van der Waals surface area contributed by atoms with Gasteiger partial charge in [0, 0.05) is 17.8 Å². The number of rotatable bonds is 5. The highest BCUT2D eigenvalue weighted by molar-refractivity contribution is 5.89. The first-order chi connectivity index (χ1) is 14.4. The van der Waals surface area contributed by atoms with E-state index in [9.17, 15) is 19.6 Å². The quantitative estimate of drug-likeness (QED) is 0.276. The van der Waals surface area contributed by atoms with Crippen LogP contribution in [0.3, 0.4) is 0 Å². The van der Waals surface area contributed by atoms with Gasteiger partial charge in [0.05, 0.1) is 23.8 Å². The largest absolute Gasteiger partial charge is 0.870 e. The molecule has 1 aromatic heterocycles. The van der Waals surface area contributed by atoms with E-state index in [4.69, 9.17) is 9.15 Å². The zero-order chi connectivity index (χ0) is 21.3. The number of halogens is 1. The number of aromatic nitrogens is 1. The zero-order valence-electron chi connectivity index (χ0n) is 15.5. The summed E-state index contributed by atoms with van der Waals surface area (Å²) in [5.74, 6) is -0.795. The predicted molar refractivity (Wildman–Crippen MR) is 106 cm³/mol. The van der Waals surface area contributed by atoms with E-state index in [1.807, 2.05) is 0 Å². The van der Waals surface area contributed by atoms with E-state index < -0.39 is 16.5 Å². The molecule has 8 nitrogen and oxygen atoms in total. The number of hydrogen-bond donors (Lipinski definition) is 0. The molecule has 4 aromatic rings. The van der Waals surface area contributed by atoms with E-state index in [1.54, 1.807) is 30.3 Å². The number of oxazole rings is 1. The molecule has 4 rings (SSSR count). The van der Waals surface area contributed by atoms with Crippen molar-refractivity contribution in [3.05, 3.63) is 76.1 Å². The van der Waals surface area contributed by atoms with Gasteiger partial charge in [0.25, 0.3) is 5.69 Å². The molecule has 0 unspecified atom stereocenters. The Bertz CT molecular complexity index is 1300. The minimum atomic E-state index is -0.616. The van der Waals surface area contributed by atoms with Crippen LogP contribution in [0.5, 0.6) is 11.5 Å². The maximum Gasteiger partial charge on any atom is 0.273 e. The second kappa shape index (κ2) is 7.63. The average Bonchev–Trinajstić information content (AvgIpc) is 3.16. The summed E-state index contributed by atoms with van der Waals surface area (Å²) in [6, 6.07) is 13.0. The van der Waals surface area contributed by atoms with Crippen molar-refractivity contribution in [3.8, 4) is 23.0 Å². The Hall–Kier alpha value is -4.27. The molecule has 1 heterocycles. The number of non-ortho nitro benzene ring substituents is 1. The minimum Gasteiger partial charge on any atom is -0.870 e. The summed E-state index contributed by atoms with van der Waals surface area (Å²) in [5.41, 5.74) is 1.65. The van der Waals surface area contributed by atoms with E-state index in [1.165, 1.54) is 25.5 Å². The van der Waals surface area contributed by atoms with Crippen molar-refractivity contribution < 1.29 is 23.6 Å². The van der Waals surface area contributed by atoms with E-state index in [-0.39, 0.29) is 22.9 Å². The van der Waals surface area contributed by atoms with Gasteiger partial charge < -0.3 is 14.3 Å². The Balaban J connectivity index is 1.68. The second-order valence-corrected chi connectivity index (χ2v) is 6.26. The molecule has 0 aliphatic rings. The number of nitro benzene ring substituents is 1. The molecule has 0 bridgehead atoms. The van der Waals surface area contributed by atoms with Crippen LogP contribution in [0.15, 0.2) is 64.0 Å². The molecule has 150 valence electrons. The normalized spacial score (nSPS) is 11.3. The topological polar surface area (TPSA) is 114 Å². The van der Waals surface area contributed by atoms with E-state index in [0.717, 1.165) is 12.1 Å². The third kappa shape index (κ3) is 3.68. The van der Waals surface area contributed by atoms with Crippen molar-refractivity contribution >= 4 is 28.7 Å². The lowest BCUT2D eigenvalue weighted by Crippen LogP contribution is -2.02. The molecule has 0 radical (unpaired) electrons. The van der Waals surface area contributed by atoms with Crippen LogP contribution in [0, 0.1) is 15.9 Å². The lowest BCUT2D eigenvalue weighted by Gasteiger charge is -2.14. The van der Waals surface area contributed by atoms with Gasteiger partial charge >= 0.3 is 0 Å². The summed E-state index contributed by atoms with van der Waals surface area (Å²) in [6.07, 6.45) is 1.23. The van der Waals surface area contributed by atoms with E-state index in [2.05, 4.69) is 9.98 Å². The Morgan fingerprint density at radius 1 is 1.20 bits per heavy atom. The van der Waals surface area contributed by atoms with Crippen LogP contribution in [0.4, 0.5) is 15.8 Å². The molecule has 30 heavy (non-hydrogen) atoms. The number of nitro groups is 1. The molecule has 0 atom stereocenters. The number of ether oxygens (including phenoxy) is 1. The van der Waals surface area contributed by atoms with Crippen LogP contribution in [0.1, 0.15) is 5.56 Å².